The Morgan fingerprint density at radius 1 is 1.11 bits per heavy atom. The van der Waals surface area contributed by atoms with E-state index in [9.17, 15) is 14.0 Å². The first kappa shape index (κ1) is 18.4. The third-order valence-corrected chi connectivity index (χ3v) is 5.05. The van der Waals surface area contributed by atoms with E-state index in [4.69, 9.17) is 4.42 Å². The Labute approximate surface area is 162 Å². The van der Waals surface area contributed by atoms with Gasteiger partial charge in [-0.15, -0.1) is 0 Å². The van der Waals surface area contributed by atoms with Crippen LogP contribution in [0, 0.1) is 5.82 Å². The van der Waals surface area contributed by atoms with Crippen LogP contribution in [0.1, 0.15) is 34.1 Å². The van der Waals surface area contributed by atoms with E-state index in [1.54, 1.807) is 4.90 Å². The van der Waals surface area contributed by atoms with Gasteiger partial charge in [-0.3, -0.25) is 9.59 Å². The van der Waals surface area contributed by atoms with E-state index in [1.807, 2.05) is 49.3 Å². The monoisotopic (exact) mass is 380 g/mol. The van der Waals surface area contributed by atoms with E-state index in [0.29, 0.717) is 12.1 Å². The maximum absolute atomic E-state index is 13.7. The van der Waals surface area contributed by atoms with Gasteiger partial charge in [0.2, 0.25) is 5.76 Å². The fourth-order valence-corrected chi connectivity index (χ4v) is 3.76. The number of nitrogens with zero attached hydrogens (tertiary/aromatic N) is 2. The minimum Gasteiger partial charge on any atom is -0.450 e. The predicted molar refractivity (Wildman–Crippen MR) is 105 cm³/mol. The molecule has 4 rings (SSSR count). The van der Waals surface area contributed by atoms with Gasteiger partial charge in [0.05, 0.1) is 17.0 Å². The summed E-state index contributed by atoms with van der Waals surface area (Å²) in [6.45, 7) is 1.31. The lowest BCUT2D eigenvalue weighted by atomic mass is 9.98. The third-order valence-electron chi connectivity index (χ3n) is 5.05. The lowest BCUT2D eigenvalue weighted by molar-refractivity contribution is 0.0722. The Hall–Kier alpha value is -2.99. The molecule has 1 aliphatic rings. The molecule has 0 unspecified atom stereocenters. The van der Waals surface area contributed by atoms with Crippen molar-refractivity contribution in [2.75, 3.05) is 27.2 Å². The molecule has 1 aromatic heterocycles. The second kappa shape index (κ2) is 7.20. The zero-order valence-corrected chi connectivity index (χ0v) is 15.8. The van der Waals surface area contributed by atoms with Crippen molar-refractivity contribution in [3.63, 3.8) is 0 Å². The molecule has 144 valence electrons. The molecular formula is C22H21FN2O3. The van der Waals surface area contributed by atoms with E-state index in [-0.39, 0.29) is 28.1 Å². The van der Waals surface area contributed by atoms with Gasteiger partial charge in [-0.05, 0) is 50.8 Å². The number of rotatable bonds is 5. The van der Waals surface area contributed by atoms with E-state index < -0.39 is 11.9 Å². The lowest BCUT2D eigenvalue weighted by Gasteiger charge is -2.25. The van der Waals surface area contributed by atoms with Crippen molar-refractivity contribution in [3.05, 3.63) is 81.5 Å². The topological polar surface area (TPSA) is 53.8 Å². The second-order valence-corrected chi connectivity index (χ2v) is 7.28. The summed E-state index contributed by atoms with van der Waals surface area (Å²) in [7, 11) is 3.95. The molecule has 0 N–H and O–H groups in total. The van der Waals surface area contributed by atoms with Crippen molar-refractivity contribution in [1.82, 2.24) is 9.80 Å². The number of carbonyl (C=O) groups is 1. The highest BCUT2D eigenvalue weighted by atomic mass is 19.1. The van der Waals surface area contributed by atoms with Crippen molar-refractivity contribution in [3.8, 4) is 0 Å². The second-order valence-electron chi connectivity index (χ2n) is 7.28. The van der Waals surface area contributed by atoms with Crippen molar-refractivity contribution in [2.45, 2.75) is 12.5 Å². The average molecular weight is 380 g/mol. The van der Waals surface area contributed by atoms with Crippen LogP contribution in [0.4, 0.5) is 4.39 Å². The Bertz CT molecular complexity index is 1090. The Balaban J connectivity index is 1.88. The zero-order chi connectivity index (χ0) is 19.8. The third kappa shape index (κ3) is 3.10. The molecule has 2 heterocycles. The molecule has 0 saturated heterocycles. The Morgan fingerprint density at radius 2 is 1.86 bits per heavy atom. The molecule has 1 atom stereocenters. The molecule has 3 aromatic rings. The number of carbonyl (C=O) groups excluding carboxylic acids is 1. The van der Waals surface area contributed by atoms with Gasteiger partial charge in [0.25, 0.3) is 5.91 Å². The number of halogens is 1. The summed E-state index contributed by atoms with van der Waals surface area (Å²) < 4.78 is 19.5. The molecule has 1 amide bonds. The molecule has 0 spiro atoms. The summed E-state index contributed by atoms with van der Waals surface area (Å²) in [4.78, 5) is 30.1. The van der Waals surface area contributed by atoms with Gasteiger partial charge in [0.1, 0.15) is 11.4 Å². The molecule has 2 aromatic carbocycles. The summed E-state index contributed by atoms with van der Waals surface area (Å²) in [6, 6.07) is 12.7. The van der Waals surface area contributed by atoms with E-state index in [1.165, 1.54) is 18.2 Å². The van der Waals surface area contributed by atoms with E-state index in [0.717, 1.165) is 18.5 Å². The van der Waals surface area contributed by atoms with Crippen LogP contribution in [-0.2, 0) is 0 Å². The summed E-state index contributed by atoms with van der Waals surface area (Å²) in [6.07, 6.45) is 0.762. The van der Waals surface area contributed by atoms with Crippen LogP contribution in [0.2, 0.25) is 0 Å². The summed E-state index contributed by atoms with van der Waals surface area (Å²) >= 11 is 0. The van der Waals surface area contributed by atoms with E-state index >= 15 is 0 Å². The van der Waals surface area contributed by atoms with Crippen LogP contribution in [0.5, 0.6) is 0 Å². The molecule has 0 saturated carbocycles. The largest absolute Gasteiger partial charge is 0.450 e. The molecule has 0 aliphatic carbocycles. The van der Waals surface area contributed by atoms with Crippen LogP contribution in [0.15, 0.2) is 57.7 Å². The van der Waals surface area contributed by atoms with Crippen LogP contribution in [-0.4, -0.2) is 42.9 Å². The fraction of sp³-hybridized carbons (Fsp3) is 0.273. The Morgan fingerprint density at radius 3 is 2.57 bits per heavy atom. The summed E-state index contributed by atoms with van der Waals surface area (Å²) in [5, 5.41) is 0.155. The first-order valence-electron chi connectivity index (χ1n) is 9.24. The van der Waals surface area contributed by atoms with Crippen molar-refractivity contribution in [1.29, 1.82) is 0 Å². The Kier molecular flexibility index (Phi) is 4.73. The molecular weight excluding hydrogens is 359 g/mol. The maximum atomic E-state index is 13.7. The fourth-order valence-electron chi connectivity index (χ4n) is 3.76. The summed E-state index contributed by atoms with van der Waals surface area (Å²) in [5.41, 5.74) is 0.996. The van der Waals surface area contributed by atoms with Gasteiger partial charge in [-0.1, -0.05) is 30.3 Å². The molecule has 0 fully saturated rings. The van der Waals surface area contributed by atoms with Gasteiger partial charge < -0.3 is 14.2 Å². The molecule has 6 heteroatoms. The van der Waals surface area contributed by atoms with Gasteiger partial charge in [-0.25, -0.2) is 4.39 Å². The number of hydrogen-bond donors (Lipinski definition) is 0. The molecule has 1 aliphatic heterocycles. The van der Waals surface area contributed by atoms with Gasteiger partial charge in [-0.2, -0.15) is 0 Å². The zero-order valence-electron chi connectivity index (χ0n) is 15.8. The molecule has 0 radical (unpaired) electrons. The highest BCUT2D eigenvalue weighted by molar-refractivity contribution is 5.99. The minimum absolute atomic E-state index is 0.0582. The van der Waals surface area contributed by atoms with Crippen LogP contribution in [0.25, 0.3) is 11.0 Å². The normalized spacial score (nSPS) is 16.2. The smallest absolute Gasteiger partial charge is 0.290 e. The van der Waals surface area contributed by atoms with E-state index in [2.05, 4.69) is 0 Å². The van der Waals surface area contributed by atoms with Crippen LogP contribution in [0.3, 0.4) is 0 Å². The predicted octanol–water partition coefficient (Wildman–Crippen LogP) is 3.43. The minimum atomic E-state index is -0.533. The van der Waals surface area contributed by atoms with Crippen molar-refractivity contribution >= 4 is 16.9 Å². The number of amides is 1. The number of fused-ring (bicyclic) bond motifs is 2. The number of benzene rings is 2. The quantitative estimate of drug-likeness (QED) is 0.681. The van der Waals surface area contributed by atoms with Crippen LogP contribution < -0.4 is 5.43 Å². The molecule has 0 bridgehead atoms. The van der Waals surface area contributed by atoms with Crippen LogP contribution >= 0.6 is 0 Å². The summed E-state index contributed by atoms with van der Waals surface area (Å²) in [5.74, 6) is -0.753. The van der Waals surface area contributed by atoms with Gasteiger partial charge in [0, 0.05) is 6.54 Å². The lowest BCUT2D eigenvalue weighted by Crippen LogP contribution is -2.32. The average Bonchev–Trinajstić information content (AvgIpc) is 2.95. The van der Waals surface area contributed by atoms with Crippen molar-refractivity contribution in [2.24, 2.45) is 0 Å². The molecule has 5 nitrogen and oxygen atoms in total. The highest BCUT2D eigenvalue weighted by Crippen LogP contribution is 2.38. The molecule has 28 heavy (non-hydrogen) atoms. The van der Waals surface area contributed by atoms with Gasteiger partial charge >= 0.3 is 0 Å². The highest BCUT2D eigenvalue weighted by Gasteiger charge is 2.42. The number of hydrogen-bond acceptors (Lipinski definition) is 4. The SMILES string of the molecule is CN(C)CCCN1C(=O)c2oc3ccc(F)cc3c(=O)c2[C@H]1c1ccccc1. The first-order chi connectivity index (χ1) is 13.5. The maximum Gasteiger partial charge on any atom is 0.290 e. The van der Waals surface area contributed by atoms with Gasteiger partial charge in [0.15, 0.2) is 5.43 Å². The van der Waals surface area contributed by atoms with Crippen molar-refractivity contribution < 1.29 is 13.6 Å². The standard InChI is InChI=1S/C22H21FN2O3/c1-24(2)11-6-12-25-19(14-7-4-3-5-8-14)18-20(26)16-13-15(23)9-10-17(16)28-21(18)22(25)27/h3-5,7-10,13,19H,6,11-12H2,1-2H3/t19-/m1/s1. The first-order valence-corrected chi connectivity index (χ1v) is 9.24.